The topological polar surface area (TPSA) is 84.8 Å². The number of piperidine rings is 1. The Morgan fingerprint density at radius 3 is 3.12 bits per heavy atom. The lowest BCUT2D eigenvalue weighted by Gasteiger charge is -2.34. The summed E-state index contributed by atoms with van der Waals surface area (Å²) in [5.41, 5.74) is 2.23. The van der Waals surface area contributed by atoms with Crippen molar-refractivity contribution in [3.63, 3.8) is 0 Å². The fourth-order valence-corrected chi connectivity index (χ4v) is 3.22. The highest BCUT2D eigenvalue weighted by Crippen LogP contribution is 2.34. The first-order chi connectivity index (χ1) is 11.6. The summed E-state index contributed by atoms with van der Waals surface area (Å²) in [6.07, 6.45) is 3.44. The van der Waals surface area contributed by atoms with E-state index in [4.69, 9.17) is 0 Å². The maximum Gasteiger partial charge on any atom is 0.221 e. The van der Waals surface area contributed by atoms with E-state index < -0.39 is 5.82 Å². The zero-order valence-electron chi connectivity index (χ0n) is 13.3. The second-order valence-corrected chi connectivity index (χ2v) is 5.91. The number of hydrogen-bond acceptors (Lipinski definition) is 4. The monoisotopic (exact) mass is 327 g/mol. The third-order valence-electron chi connectivity index (χ3n) is 4.25. The van der Waals surface area contributed by atoms with Crippen molar-refractivity contribution in [2.45, 2.75) is 25.7 Å². The molecule has 2 aromatic rings. The van der Waals surface area contributed by atoms with Gasteiger partial charge in [0.1, 0.15) is 17.4 Å². The lowest BCUT2D eigenvalue weighted by molar-refractivity contribution is -0.114. The number of nitriles is 1. The minimum Gasteiger partial charge on any atom is -0.370 e. The van der Waals surface area contributed by atoms with Gasteiger partial charge in [0.15, 0.2) is 0 Å². The number of nitrogens with one attached hydrogen (secondary N) is 2. The van der Waals surface area contributed by atoms with E-state index in [2.05, 4.69) is 15.5 Å². The Kier molecular flexibility index (Phi) is 4.47. The highest BCUT2D eigenvalue weighted by molar-refractivity contribution is 5.89. The van der Waals surface area contributed by atoms with Crippen LogP contribution in [-0.4, -0.2) is 29.2 Å². The van der Waals surface area contributed by atoms with Crippen molar-refractivity contribution in [1.29, 1.82) is 5.26 Å². The Morgan fingerprint density at radius 1 is 1.54 bits per heavy atom. The van der Waals surface area contributed by atoms with Gasteiger partial charge in [0.2, 0.25) is 5.91 Å². The number of aromatic nitrogens is 2. The maximum atomic E-state index is 13.9. The molecule has 124 valence electrons. The average Bonchev–Trinajstić information content (AvgIpc) is 3.02. The van der Waals surface area contributed by atoms with Crippen LogP contribution in [0.2, 0.25) is 0 Å². The van der Waals surface area contributed by atoms with Crippen LogP contribution in [0.5, 0.6) is 0 Å². The number of H-pyrrole nitrogens is 1. The van der Waals surface area contributed by atoms with Gasteiger partial charge in [0.25, 0.3) is 0 Å². The van der Waals surface area contributed by atoms with Gasteiger partial charge in [-0.05, 0) is 25.0 Å². The number of benzene rings is 1. The Labute approximate surface area is 139 Å². The van der Waals surface area contributed by atoms with Gasteiger partial charge in [0.05, 0.1) is 23.3 Å². The first-order valence-corrected chi connectivity index (χ1v) is 7.84. The van der Waals surface area contributed by atoms with Gasteiger partial charge in [-0.15, -0.1) is 0 Å². The molecule has 0 aliphatic carbocycles. The van der Waals surface area contributed by atoms with Gasteiger partial charge in [0, 0.05) is 25.9 Å². The molecular formula is C17H18FN5O. The second-order valence-electron chi connectivity index (χ2n) is 5.91. The van der Waals surface area contributed by atoms with Crippen LogP contribution in [-0.2, 0) is 4.79 Å². The van der Waals surface area contributed by atoms with Crippen LogP contribution >= 0.6 is 0 Å². The fraction of sp³-hybridized carbons (Fsp3) is 0.353. The largest absolute Gasteiger partial charge is 0.370 e. The van der Waals surface area contributed by atoms with Gasteiger partial charge in [-0.25, -0.2) is 4.39 Å². The van der Waals surface area contributed by atoms with Crippen LogP contribution in [0.3, 0.4) is 0 Å². The summed E-state index contributed by atoms with van der Waals surface area (Å²) >= 11 is 0. The highest BCUT2D eigenvalue weighted by Gasteiger charge is 2.27. The van der Waals surface area contributed by atoms with Crippen molar-refractivity contribution in [1.82, 2.24) is 10.2 Å². The quantitative estimate of drug-likeness (QED) is 0.908. The molecule has 1 aliphatic rings. The van der Waals surface area contributed by atoms with E-state index >= 15 is 0 Å². The summed E-state index contributed by atoms with van der Waals surface area (Å²) < 4.78 is 13.9. The zero-order chi connectivity index (χ0) is 17.1. The van der Waals surface area contributed by atoms with E-state index in [0.717, 1.165) is 25.1 Å². The van der Waals surface area contributed by atoms with Crippen molar-refractivity contribution in [3.05, 3.63) is 41.5 Å². The first-order valence-electron chi connectivity index (χ1n) is 7.84. The average molecular weight is 327 g/mol. The van der Waals surface area contributed by atoms with Gasteiger partial charge < -0.3 is 10.2 Å². The van der Waals surface area contributed by atoms with Crippen molar-refractivity contribution in [2.24, 2.45) is 0 Å². The summed E-state index contributed by atoms with van der Waals surface area (Å²) in [5.74, 6) is -0.530. The summed E-state index contributed by atoms with van der Waals surface area (Å²) in [6.45, 7) is 2.85. The predicted octanol–water partition coefficient (Wildman–Crippen LogP) is 2.76. The van der Waals surface area contributed by atoms with Crippen LogP contribution in [0, 0.1) is 17.1 Å². The Hall–Kier alpha value is -2.88. The Bertz CT molecular complexity index is 795. The molecule has 1 saturated heterocycles. The van der Waals surface area contributed by atoms with Crippen LogP contribution in [0.4, 0.5) is 15.8 Å². The highest BCUT2D eigenvalue weighted by atomic mass is 19.1. The van der Waals surface area contributed by atoms with Crippen molar-refractivity contribution in [2.75, 3.05) is 23.3 Å². The van der Waals surface area contributed by atoms with E-state index in [-0.39, 0.29) is 17.4 Å². The standard InChI is InChI=1S/C17H18FN5O/c1-11(24)21-15-9-20-22-17(15)12-4-3-7-23(10-12)16-6-2-5-14(18)13(16)8-19/h2,5-6,9,12H,3-4,7,10H2,1H3,(H,20,22)(H,21,24)/t12-/m0/s1. The number of anilines is 2. The molecule has 0 bridgehead atoms. The molecule has 1 fully saturated rings. The van der Waals surface area contributed by atoms with Gasteiger partial charge in [-0.1, -0.05) is 6.07 Å². The molecule has 7 heteroatoms. The predicted molar refractivity (Wildman–Crippen MR) is 88.2 cm³/mol. The summed E-state index contributed by atoms with van der Waals surface area (Å²) in [4.78, 5) is 13.3. The number of carbonyl (C=O) groups is 1. The van der Waals surface area contributed by atoms with E-state index in [9.17, 15) is 14.4 Å². The van der Waals surface area contributed by atoms with E-state index in [1.54, 1.807) is 18.3 Å². The minimum absolute atomic E-state index is 0.0739. The van der Waals surface area contributed by atoms with Gasteiger partial charge in [-0.3, -0.25) is 9.89 Å². The van der Waals surface area contributed by atoms with Crippen LogP contribution in [0.25, 0.3) is 0 Å². The molecule has 1 aliphatic heterocycles. The molecule has 2 heterocycles. The van der Waals surface area contributed by atoms with E-state index in [1.165, 1.54) is 13.0 Å². The molecule has 0 saturated carbocycles. The van der Waals surface area contributed by atoms with Crippen LogP contribution in [0.15, 0.2) is 24.4 Å². The molecule has 2 N–H and O–H groups in total. The Balaban J connectivity index is 1.86. The molecule has 3 rings (SSSR count). The lowest BCUT2D eigenvalue weighted by Crippen LogP contribution is -2.35. The molecule has 1 aromatic heterocycles. The molecule has 1 amide bonds. The molecule has 0 unspecified atom stereocenters. The molecule has 0 radical (unpaired) electrons. The van der Waals surface area contributed by atoms with Crippen molar-refractivity contribution in [3.8, 4) is 6.07 Å². The zero-order valence-corrected chi connectivity index (χ0v) is 13.3. The number of hydrogen-bond donors (Lipinski definition) is 2. The second kappa shape index (κ2) is 6.71. The molecule has 24 heavy (non-hydrogen) atoms. The lowest BCUT2D eigenvalue weighted by atomic mass is 9.93. The normalized spacial score (nSPS) is 17.4. The first kappa shape index (κ1) is 16.0. The molecule has 1 atom stereocenters. The summed E-state index contributed by atoms with van der Waals surface area (Å²) in [5, 5.41) is 19.0. The maximum absolute atomic E-state index is 13.9. The van der Waals surface area contributed by atoms with Crippen LogP contribution < -0.4 is 10.2 Å². The van der Waals surface area contributed by atoms with E-state index in [1.807, 2.05) is 11.0 Å². The summed E-state index contributed by atoms with van der Waals surface area (Å²) in [6, 6.07) is 6.64. The fourth-order valence-electron chi connectivity index (χ4n) is 3.22. The number of aromatic amines is 1. The van der Waals surface area contributed by atoms with E-state index in [0.29, 0.717) is 17.9 Å². The molecular weight excluding hydrogens is 309 g/mol. The third-order valence-corrected chi connectivity index (χ3v) is 4.25. The number of rotatable bonds is 3. The number of nitrogens with zero attached hydrogens (tertiary/aromatic N) is 3. The SMILES string of the molecule is CC(=O)Nc1cn[nH]c1[C@H]1CCCN(c2cccc(F)c2C#N)C1. The molecule has 6 nitrogen and oxygen atoms in total. The smallest absolute Gasteiger partial charge is 0.221 e. The summed E-state index contributed by atoms with van der Waals surface area (Å²) in [7, 11) is 0. The molecule has 1 aromatic carbocycles. The van der Waals surface area contributed by atoms with Gasteiger partial charge >= 0.3 is 0 Å². The third kappa shape index (κ3) is 3.08. The number of halogens is 1. The van der Waals surface area contributed by atoms with Crippen LogP contribution in [0.1, 0.15) is 36.9 Å². The minimum atomic E-state index is -0.502. The molecule has 0 spiro atoms. The number of amides is 1. The van der Waals surface area contributed by atoms with Crippen molar-refractivity contribution >= 4 is 17.3 Å². The van der Waals surface area contributed by atoms with Gasteiger partial charge in [-0.2, -0.15) is 10.4 Å². The Morgan fingerprint density at radius 2 is 2.38 bits per heavy atom. The van der Waals surface area contributed by atoms with Crippen molar-refractivity contribution < 1.29 is 9.18 Å². The number of carbonyl (C=O) groups excluding carboxylic acids is 1.